The van der Waals surface area contributed by atoms with Crippen molar-refractivity contribution in [2.75, 3.05) is 31.9 Å². The summed E-state index contributed by atoms with van der Waals surface area (Å²) in [7, 11) is -3.05. The molecule has 1 heterocycles. The standard InChI is InChI=1S/C16H26N2O2S/c1-3-4-14-21(19,20)18-12-10-17(11-13-18)15(2)16-8-6-5-7-9-16/h5-9,15H,3-4,10-14H2,1-2H3. The number of hydrogen-bond donors (Lipinski definition) is 0. The van der Waals surface area contributed by atoms with E-state index in [1.54, 1.807) is 4.31 Å². The normalized spacial score (nSPS) is 19.5. The van der Waals surface area contributed by atoms with E-state index < -0.39 is 10.0 Å². The molecule has 0 bridgehead atoms. The fourth-order valence-corrected chi connectivity index (χ4v) is 4.40. The van der Waals surface area contributed by atoms with Gasteiger partial charge < -0.3 is 0 Å². The van der Waals surface area contributed by atoms with Crippen LogP contribution in [0.25, 0.3) is 0 Å². The lowest BCUT2D eigenvalue weighted by Crippen LogP contribution is -2.49. The van der Waals surface area contributed by atoms with E-state index in [0.29, 0.717) is 19.1 Å². The Hall–Kier alpha value is -0.910. The summed E-state index contributed by atoms with van der Waals surface area (Å²) in [4.78, 5) is 2.36. The second-order valence-electron chi connectivity index (χ2n) is 5.69. The summed E-state index contributed by atoms with van der Waals surface area (Å²) < 4.78 is 26.1. The van der Waals surface area contributed by atoms with Crippen LogP contribution in [0.3, 0.4) is 0 Å². The highest BCUT2D eigenvalue weighted by molar-refractivity contribution is 7.89. The zero-order chi connectivity index (χ0) is 15.3. The number of nitrogens with zero attached hydrogens (tertiary/aromatic N) is 2. The number of benzene rings is 1. The first kappa shape index (κ1) is 16.5. The van der Waals surface area contributed by atoms with Crippen LogP contribution in [0, 0.1) is 0 Å². The second kappa shape index (κ2) is 7.38. The van der Waals surface area contributed by atoms with Crippen molar-refractivity contribution in [3.63, 3.8) is 0 Å². The molecule has 1 saturated heterocycles. The zero-order valence-electron chi connectivity index (χ0n) is 13.0. The van der Waals surface area contributed by atoms with E-state index in [0.717, 1.165) is 25.9 Å². The Kier molecular flexibility index (Phi) is 5.79. The lowest BCUT2D eigenvalue weighted by atomic mass is 10.1. The number of hydrogen-bond acceptors (Lipinski definition) is 3. The molecule has 1 aliphatic rings. The predicted molar refractivity (Wildman–Crippen MR) is 86.7 cm³/mol. The quantitative estimate of drug-likeness (QED) is 0.810. The van der Waals surface area contributed by atoms with Crippen LogP contribution in [0.15, 0.2) is 30.3 Å². The molecule has 1 atom stereocenters. The van der Waals surface area contributed by atoms with E-state index in [1.807, 2.05) is 13.0 Å². The van der Waals surface area contributed by atoms with Crippen molar-refractivity contribution in [2.24, 2.45) is 0 Å². The summed E-state index contributed by atoms with van der Waals surface area (Å²) in [6.45, 7) is 7.06. The average Bonchev–Trinajstić information content (AvgIpc) is 2.53. The third kappa shape index (κ3) is 4.28. The molecule has 1 aromatic carbocycles. The Balaban J connectivity index is 1.91. The molecule has 1 aromatic rings. The topological polar surface area (TPSA) is 40.6 Å². The van der Waals surface area contributed by atoms with E-state index in [4.69, 9.17) is 0 Å². The fourth-order valence-electron chi connectivity index (χ4n) is 2.77. The lowest BCUT2D eigenvalue weighted by Gasteiger charge is -2.37. The van der Waals surface area contributed by atoms with Crippen LogP contribution in [0.2, 0.25) is 0 Å². The highest BCUT2D eigenvalue weighted by Gasteiger charge is 2.28. The molecule has 0 amide bonds. The fraction of sp³-hybridized carbons (Fsp3) is 0.625. The molecule has 0 aliphatic carbocycles. The van der Waals surface area contributed by atoms with Gasteiger partial charge in [0.15, 0.2) is 0 Å². The van der Waals surface area contributed by atoms with Gasteiger partial charge in [0.05, 0.1) is 5.75 Å². The molecule has 0 saturated carbocycles. The van der Waals surface area contributed by atoms with Gasteiger partial charge in [-0.25, -0.2) is 8.42 Å². The van der Waals surface area contributed by atoms with Gasteiger partial charge >= 0.3 is 0 Å². The van der Waals surface area contributed by atoms with Crippen molar-refractivity contribution in [1.82, 2.24) is 9.21 Å². The van der Waals surface area contributed by atoms with Gasteiger partial charge in [-0.05, 0) is 18.9 Å². The monoisotopic (exact) mass is 310 g/mol. The van der Waals surface area contributed by atoms with Crippen molar-refractivity contribution in [2.45, 2.75) is 32.7 Å². The van der Waals surface area contributed by atoms with Crippen molar-refractivity contribution in [3.8, 4) is 0 Å². The number of rotatable bonds is 6. The molecule has 5 heteroatoms. The largest absolute Gasteiger partial charge is 0.294 e. The van der Waals surface area contributed by atoms with E-state index >= 15 is 0 Å². The van der Waals surface area contributed by atoms with Crippen LogP contribution in [0.1, 0.15) is 38.3 Å². The maximum Gasteiger partial charge on any atom is 0.214 e. The maximum absolute atomic E-state index is 12.2. The van der Waals surface area contributed by atoms with Gasteiger partial charge in [0, 0.05) is 32.2 Å². The molecule has 118 valence electrons. The van der Waals surface area contributed by atoms with Gasteiger partial charge in [-0.2, -0.15) is 4.31 Å². The van der Waals surface area contributed by atoms with Gasteiger partial charge in [0.25, 0.3) is 0 Å². The summed E-state index contributed by atoms with van der Waals surface area (Å²) in [6, 6.07) is 10.7. The Morgan fingerprint density at radius 2 is 1.71 bits per heavy atom. The van der Waals surface area contributed by atoms with E-state index in [2.05, 4.69) is 36.1 Å². The third-order valence-electron chi connectivity index (χ3n) is 4.25. The molecule has 0 N–H and O–H groups in total. The van der Waals surface area contributed by atoms with Gasteiger partial charge in [0.2, 0.25) is 10.0 Å². The van der Waals surface area contributed by atoms with Gasteiger partial charge in [-0.15, -0.1) is 0 Å². The van der Waals surface area contributed by atoms with Crippen LogP contribution < -0.4 is 0 Å². The van der Waals surface area contributed by atoms with Gasteiger partial charge in [0.1, 0.15) is 0 Å². The summed E-state index contributed by atoms with van der Waals surface area (Å²) >= 11 is 0. The molecule has 1 unspecified atom stereocenters. The molecule has 0 spiro atoms. The highest BCUT2D eigenvalue weighted by atomic mass is 32.2. The lowest BCUT2D eigenvalue weighted by molar-refractivity contribution is 0.146. The first-order valence-corrected chi connectivity index (χ1v) is 9.42. The van der Waals surface area contributed by atoms with Gasteiger partial charge in [-0.1, -0.05) is 43.7 Å². The summed E-state index contributed by atoms with van der Waals surface area (Å²) in [5, 5.41) is 0. The van der Waals surface area contributed by atoms with Crippen molar-refractivity contribution in [1.29, 1.82) is 0 Å². The number of piperazine rings is 1. The molecule has 21 heavy (non-hydrogen) atoms. The summed E-state index contributed by atoms with van der Waals surface area (Å²) in [6.07, 6.45) is 1.67. The second-order valence-corrected chi connectivity index (χ2v) is 7.78. The van der Waals surface area contributed by atoms with E-state index in [-0.39, 0.29) is 5.75 Å². The molecule has 1 fully saturated rings. The first-order chi connectivity index (χ1) is 10.0. The number of sulfonamides is 1. The van der Waals surface area contributed by atoms with Crippen molar-refractivity contribution < 1.29 is 8.42 Å². The maximum atomic E-state index is 12.2. The Morgan fingerprint density at radius 1 is 1.10 bits per heavy atom. The average molecular weight is 310 g/mol. The smallest absolute Gasteiger partial charge is 0.214 e. The van der Waals surface area contributed by atoms with E-state index in [1.165, 1.54) is 5.56 Å². The molecular weight excluding hydrogens is 284 g/mol. The molecule has 0 radical (unpaired) electrons. The van der Waals surface area contributed by atoms with Crippen LogP contribution >= 0.6 is 0 Å². The van der Waals surface area contributed by atoms with Crippen molar-refractivity contribution in [3.05, 3.63) is 35.9 Å². The molecule has 1 aliphatic heterocycles. The third-order valence-corrected chi connectivity index (χ3v) is 6.21. The molecule has 4 nitrogen and oxygen atoms in total. The minimum atomic E-state index is -3.05. The van der Waals surface area contributed by atoms with Crippen LogP contribution in [0.5, 0.6) is 0 Å². The van der Waals surface area contributed by atoms with Crippen LogP contribution in [-0.4, -0.2) is 49.6 Å². The number of unbranched alkanes of at least 4 members (excludes halogenated alkanes) is 1. The molecule has 0 aromatic heterocycles. The Morgan fingerprint density at radius 3 is 2.29 bits per heavy atom. The van der Waals surface area contributed by atoms with Crippen LogP contribution in [0.4, 0.5) is 0 Å². The summed E-state index contributed by atoms with van der Waals surface area (Å²) in [5.41, 5.74) is 1.29. The first-order valence-electron chi connectivity index (χ1n) is 7.81. The SMILES string of the molecule is CCCCS(=O)(=O)N1CCN(C(C)c2ccccc2)CC1. The van der Waals surface area contributed by atoms with Crippen molar-refractivity contribution >= 4 is 10.0 Å². The molecule has 2 rings (SSSR count). The Labute approximate surface area is 128 Å². The molecular formula is C16H26N2O2S. The highest BCUT2D eigenvalue weighted by Crippen LogP contribution is 2.22. The zero-order valence-corrected chi connectivity index (χ0v) is 13.8. The van der Waals surface area contributed by atoms with E-state index in [9.17, 15) is 8.42 Å². The predicted octanol–water partition coefficient (Wildman–Crippen LogP) is 2.50. The minimum Gasteiger partial charge on any atom is -0.294 e. The van der Waals surface area contributed by atoms with Crippen LogP contribution in [-0.2, 0) is 10.0 Å². The Bertz CT molecular complexity index is 522. The minimum absolute atomic E-state index is 0.289. The van der Waals surface area contributed by atoms with Gasteiger partial charge in [-0.3, -0.25) is 4.90 Å². The summed E-state index contributed by atoms with van der Waals surface area (Å²) in [5.74, 6) is 0.289.